The van der Waals surface area contributed by atoms with Gasteiger partial charge in [0, 0.05) is 28.4 Å². The number of aryl methyl sites for hydroxylation is 1. The molecule has 0 aromatic heterocycles. The largest absolute Gasteiger partial charge is 0.508 e. The SMILES string of the molecule is Cc1ccc(Nc2cc(O)cc3c2C(=O)c2ccccc2C3=O)cc1. The van der Waals surface area contributed by atoms with Crippen molar-refractivity contribution >= 4 is 22.9 Å². The number of nitrogens with one attached hydrogen (secondary N) is 1. The fourth-order valence-electron chi connectivity index (χ4n) is 3.10. The van der Waals surface area contributed by atoms with Crippen LogP contribution < -0.4 is 5.32 Å². The van der Waals surface area contributed by atoms with Gasteiger partial charge in [-0.15, -0.1) is 0 Å². The molecule has 0 amide bonds. The fourth-order valence-corrected chi connectivity index (χ4v) is 3.10. The van der Waals surface area contributed by atoms with E-state index in [1.807, 2.05) is 31.2 Å². The first-order valence-electron chi connectivity index (χ1n) is 7.94. The number of hydrogen-bond acceptors (Lipinski definition) is 4. The van der Waals surface area contributed by atoms with E-state index in [4.69, 9.17) is 0 Å². The van der Waals surface area contributed by atoms with Crippen LogP contribution in [0.5, 0.6) is 5.75 Å². The third-order valence-electron chi connectivity index (χ3n) is 4.34. The van der Waals surface area contributed by atoms with Gasteiger partial charge in [-0.2, -0.15) is 0 Å². The van der Waals surface area contributed by atoms with E-state index in [9.17, 15) is 14.7 Å². The van der Waals surface area contributed by atoms with E-state index in [2.05, 4.69) is 5.32 Å². The van der Waals surface area contributed by atoms with E-state index in [0.29, 0.717) is 22.4 Å². The third-order valence-corrected chi connectivity index (χ3v) is 4.34. The van der Waals surface area contributed by atoms with Gasteiger partial charge in [0.05, 0.1) is 11.3 Å². The zero-order valence-electron chi connectivity index (χ0n) is 13.5. The lowest BCUT2D eigenvalue weighted by atomic mass is 9.83. The Morgan fingerprint density at radius 3 is 2.12 bits per heavy atom. The van der Waals surface area contributed by atoms with E-state index < -0.39 is 0 Å². The molecular formula is C21H15NO3. The van der Waals surface area contributed by atoms with Gasteiger partial charge in [0.1, 0.15) is 5.75 Å². The summed E-state index contributed by atoms with van der Waals surface area (Å²) in [5, 5.41) is 13.2. The maximum atomic E-state index is 13.0. The summed E-state index contributed by atoms with van der Waals surface area (Å²) in [6, 6.07) is 17.2. The van der Waals surface area contributed by atoms with Crippen molar-refractivity contribution in [3.05, 3.63) is 88.5 Å². The topological polar surface area (TPSA) is 66.4 Å². The first-order chi connectivity index (χ1) is 12.0. The Morgan fingerprint density at radius 2 is 1.44 bits per heavy atom. The molecule has 3 aromatic carbocycles. The second-order valence-electron chi connectivity index (χ2n) is 6.11. The quantitative estimate of drug-likeness (QED) is 0.578. The van der Waals surface area contributed by atoms with Gasteiger partial charge in [0.2, 0.25) is 0 Å². The van der Waals surface area contributed by atoms with E-state index >= 15 is 0 Å². The summed E-state index contributed by atoms with van der Waals surface area (Å²) in [5.41, 5.74) is 3.58. The summed E-state index contributed by atoms with van der Waals surface area (Å²) in [6.45, 7) is 1.99. The molecule has 3 aromatic rings. The maximum absolute atomic E-state index is 13.0. The van der Waals surface area contributed by atoms with Gasteiger partial charge in [-0.3, -0.25) is 9.59 Å². The Hall–Kier alpha value is -3.40. The van der Waals surface area contributed by atoms with Crippen molar-refractivity contribution in [2.24, 2.45) is 0 Å². The number of rotatable bonds is 2. The lowest BCUT2D eigenvalue weighted by Crippen LogP contribution is -2.22. The van der Waals surface area contributed by atoms with Crippen molar-refractivity contribution < 1.29 is 14.7 Å². The second-order valence-corrected chi connectivity index (χ2v) is 6.11. The number of fused-ring (bicyclic) bond motifs is 2. The summed E-state index contributed by atoms with van der Waals surface area (Å²) in [7, 11) is 0. The molecule has 4 nitrogen and oxygen atoms in total. The average molecular weight is 329 g/mol. The Kier molecular flexibility index (Phi) is 3.39. The summed E-state index contributed by atoms with van der Waals surface area (Å²) in [4.78, 5) is 25.7. The van der Waals surface area contributed by atoms with E-state index in [-0.39, 0.29) is 22.9 Å². The first kappa shape index (κ1) is 15.1. The van der Waals surface area contributed by atoms with Crippen LogP contribution in [0, 0.1) is 6.92 Å². The number of aromatic hydroxyl groups is 1. The molecule has 0 unspecified atom stereocenters. The van der Waals surface area contributed by atoms with Crippen LogP contribution in [0.15, 0.2) is 60.7 Å². The van der Waals surface area contributed by atoms with Gasteiger partial charge in [0.15, 0.2) is 11.6 Å². The normalized spacial score (nSPS) is 12.5. The van der Waals surface area contributed by atoms with E-state index in [0.717, 1.165) is 11.3 Å². The van der Waals surface area contributed by atoms with Crippen molar-refractivity contribution in [3.63, 3.8) is 0 Å². The van der Waals surface area contributed by atoms with Gasteiger partial charge in [-0.25, -0.2) is 0 Å². The minimum absolute atomic E-state index is 0.0612. The summed E-state index contributed by atoms with van der Waals surface area (Å²) in [5.74, 6) is -0.540. The van der Waals surface area contributed by atoms with Crippen LogP contribution in [0.3, 0.4) is 0 Å². The standard InChI is InChI=1S/C21H15NO3/c1-12-6-8-13(9-7-12)22-18-11-14(23)10-17-19(18)21(25)16-5-3-2-4-15(16)20(17)24/h2-11,22-23H,1H3. The molecule has 1 aliphatic carbocycles. The lowest BCUT2D eigenvalue weighted by Gasteiger charge is -2.21. The number of hydrogen-bond donors (Lipinski definition) is 2. The highest BCUT2D eigenvalue weighted by Crippen LogP contribution is 2.36. The Labute approximate surface area is 144 Å². The molecule has 0 radical (unpaired) electrons. The maximum Gasteiger partial charge on any atom is 0.196 e. The number of phenols is 1. The molecule has 0 bridgehead atoms. The highest BCUT2D eigenvalue weighted by molar-refractivity contribution is 6.30. The molecule has 0 fully saturated rings. The monoisotopic (exact) mass is 329 g/mol. The first-order valence-corrected chi connectivity index (χ1v) is 7.94. The molecule has 122 valence electrons. The van der Waals surface area contributed by atoms with Crippen LogP contribution in [-0.2, 0) is 0 Å². The minimum Gasteiger partial charge on any atom is -0.508 e. The molecule has 0 spiro atoms. The molecule has 2 N–H and O–H groups in total. The highest BCUT2D eigenvalue weighted by Gasteiger charge is 2.32. The van der Waals surface area contributed by atoms with E-state index in [1.54, 1.807) is 24.3 Å². The highest BCUT2D eigenvalue weighted by atomic mass is 16.3. The van der Waals surface area contributed by atoms with Crippen LogP contribution in [-0.4, -0.2) is 16.7 Å². The smallest absolute Gasteiger partial charge is 0.196 e. The van der Waals surface area contributed by atoms with Gasteiger partial charge in [-0.05, 0) is 25.1 Å². The predicted molar refractivity (Wildman–Crippen MR) is 95.9 cm³/mol. The van der Waals surface area contributed by atoms with Crippen LogP contribution in [0.4, 0.5) is 11.4 Å². The third kappa shape index (κ3) is 2.48. The number of carbonyl (C=O) groups excluding carboxylic acids is 2. The molecule has 4 rings (SSSR count). The average Bonchev–Trinajstić information content (AvgIpc) is 2.61. The summed E-state index contributed by atoms with van der Waals surface area (Å²) < 4.78 is 0. The predicted octanol–water partition coefficient (Wildman–Crippen LogP) is 4.22. The molecule has 0 heterocycles. The van der Waals surface area contributed by atoms with Gasteiger partial charge >= 0.3 is 0 Å². The lowest BCUT2D eigenvalue weighted by molar-refractivity contribution is 0.0979. The molecular weight excluding hydrogens is 314 g/mol. The van der Waals surface area contributed by atoms with Crippen LogP contribution in [0.25, 0.3) is 0 Å². The minimum atomic E-state index is -0.256. The van der Waals surface area contributed by atoms with Crippen LogP contribution in [0.1, 0.15) is 37.4 Å². The Bertz CT molecular complexity index is 1020. The molecule has 0 aliphatic heterocycles. The van der Waals surface area contributed by atoms with Crippen molar-refractivity contribution in [2.75, 3.05) is 5.32 Å². The van der Waals surface area contributed by atoms with Crippen molar-refractivity contribution in [2.45, 2.75) is 6.92 Å². The molecule has 0 saturated carbocycles. The van der Waals surface area contributed by atoms with Gasteiger partial charge in [0.25, 0.3) is 0 Å². The van der Waals surface area contributed by atoms with E-state index in [1.165, 1.54) is 12.1 Å². The van der Waals surface area contributed by atoms with Crippen molar-refractivity contribution in [1.82, 2.24) is 0 Å². The fraction of sp³-hybridized carbons (Fsp3) is 0.0476. The Morgan fingerprint density at radius 1 is 0.800 bits per heavy atom. The second kappa shape index (κ2) is 5.60. The number of carbonyl (C=O) groups is 2. The number of ketones is 2. The Balaban J connectivity index is 1.88. The van der Waals surface area contributed by atoms with Crippen molar-refractivity contribution in [1.29, 1.82) is 0 Å². The molecule has 25 heavy (non-hydrogen) atoms. The van der Waals surface area contributed by atoms with Gasteiger partial charge in [-0.1, -0.05) is 42.0 Å². The molecule has 4 heteroatoms. The summed E-state index contributed by atoms with van der Waals surface area (Å²) >= 11 is 0. The van der Waals surface area contributed by atoms with Crippen molar-refractivity contribution in [3.8, 4) is 5.75 Å². The van der Waals surface area contributed by atoms with Crippen LogP contribution >= 0.6 is 0 Å². The number of benzene rings is 3. The molecule has 0 atom stereocenters. The molecule has 0 saturated heterocycles. The zero-order chi connectivity index (χ0) is 17.6. The van der Waals surface area contributed by atoms with Gasteiger partial charge < -0.3 is 10.4 Å². The zero-order valence-corrected chi connectivity index (χ0v) is 13.5. The number of anilines is 2. The number of phenolic OH excluding ortho intramolecular Hbond substituents is 1. The summed E-state index contributed by atoms with van der Waals surface area (Å²) in [6.07, 6.45) is 0. The molecule has 1 aliphatic rings. The van der Waals surface area contributed by atoms with Crippen LogP contribution in [0.2, 0.25) is 0 Å².